The summed E-state index contributed by atoms with van der Waals surface area (Å²) in [7, 11) is 0. The van der Waals surface area contributed by atoms with Crippen molar-refractivity contribution in [1.82, 2.24) is 0 Å². The number of aryl methyl sites for hydroxylation is 1. The van der Waals surface area contributed by atoms with Gasteiger partial charge in [-0.3, -0.25) is 0 Å². The third-order valence-electron chi connectivity index (χ3n) is 2.87. The fraction of sp³-hybridized carbons (Fsp3) is 0.385. The van der Waals surface area contributed by atoms with Gasteiger partial charge in [0.25, 0.3) is 0 Å². The second-order valence-electron chi connectivity index (χ2n) is 4.07. The lowest BCUT2D eigenvalue weighted by Crippen LogP contribution is -2.30. The molecule has 0 aromatic heterocycles. The summed E-state index contributed by atoms with van der Waals surface area (Å²) >= 11 is 0. The van der Waals surface area contributed by atoms with E-state index < -0.39 is 0 Å². The van der Waals surface area contributed by atoms with Crippen LogP contribution < -0.4 is 4.90 Å². The van der Waals surface area contributed by atoms with E-state index in [1.807, 2.05) is 0 Å². The maximum absolute atomic E-state index is 4.03. The Bertz CT molecular complexity index is 314. The van der Waals surface area contributed by atoms with Crippen molar-refractivity contribution < 1.29 is 0 Å². The van der Waals surface area contributed by atoms with Gasteiger partial charge in [0.15, 0.2) is 0 Å². The fourth-order valence-electron chi connectivity index (χ4n) is 1.84. The molecule has 1 aliphatic heterocycles. The molecular formula is C13H17N. The van der Waals surface area contributed by atoms with Crippen molar-refractivity contribution in [2.45, 2.75) is 19.8 Å². The summed E-state index contributed by atoms with van der Waals surface area (Å²) in [5, 5.41) is 0. The molecule has 0 atom stereocenters. The Morgan fingerprint density at radius 1 is 1.07 bits per heavy atom. The average molecular weight is 187 g/mol. The van der Waals surface area contributed by atoms with Crippen LogP contribution in [0.4, 0.5) is 5.69 Å². The van der Waals surface area contributed by atoms with Crippen LogP contribution in [0.25, 0.3) is 0 Å². The molecule has 1 heterocycles. The van der Waals surface area contributed by atoms with Gasteiger partial charge < -0.3 is 4.90 Å². The summed E-state index contributed by atoms with van der Waals surface area (Å²) in [5.41, 5.74) is 4.08. The van der Waals surface area contributed by atoms with Gasteiger partial charge in [-0.1, -0.05) is 29.8 Å². The molecular weight excluding hydrogens is 170 g/mol. The lowest BCUT2D eigenvalue weighted by atomic mass is 10.1. The molecule has 1 aliphatic rings. The van der Waals surface area contributed by atoms with Gasteiger partial charge in [0.2, 0.25) is 0 Å². The Hall–Kier alpha value is -1.24. The van der Waals surface area contributed by atoms with E-state index in [2.05, 4.69) is 42.7 Å². The van der Waals surface area contributed by atoms with Crippen LogP contribution >= 0.6 is 0 Å². The third-order valence-corrected chi connectivity index (χ3v) is 2.87. The number of piperidine rings is 1. The van der Waals surface area contributed by atoms with Crippen molar-refractivity contribution in [3.05, 3.63) is 42.0 Å². The molecule has 0 unspecified atom stereocenters. The quantitative estimate of drug-likeness (QED) is 0.610. The minimum Gasteiger partial charge on any atom is -0.371 e. The van der Waals surface area contributed by atoms with Gasteiger partial charge in [-0.05, 0) is 31.9 Å². The number of hydrogen-bond acceptors (Lipinski definition) is 1. The first kappa shape index (κ1) is 9.32. The van der Waals surface area contributed by atoms with Gasteiger partial charge in [-0.2, -0.15) is 0 Å². The van der Waals surface area contributed by atoms with Crippen molar-refractivity contribution in [3.63, 3.8) is 0 Å². The van der Waals surface area contributed by atoms with E-state index >= 15 is 0 Å². The van der Waals surface area contributed by atoms with Crippen LogP contribution in [0.3, 0.4) is 0 Å². The van der Waals surface area contributed by atoms with Crippen LogP contribution in [-0.4, -0.2) is 13.1 Å². The van der Waals surface area contributed by atoms with Crippen molar-refractivity contribution in [3.8, 4) is 0 Å². The Kier molecular flexibility index (Phi) is 2.58. The highest BCUT2D eigenvalue weighted by atomic mass is 15.1. The van der Waals surface area contributed by atoms with Gasteiger partial charge in [-0.25, -0.2) is 0 Å². The van der Waals surface area contributed by atoms with E-state index in [1.165, 1.54) is 16.8 Å². The number of rotatable bonds is 1. The summed E-state index contributed by atoms with van der Waals surface area (Å²) in [6, 6.07) is 8.78. The van der Waals surface area contributed by atoms with Crippen LogP contribution in [0.15, 0.2) is 36.4 Å². The van der Waals surface area contributed by atoms with Crippen LogP contribution in [0.1, 0.15) is 18.4 Å². The molecule has 1 heteroatoms. The Balaban J connectivity index is 2.08. The summed E-state index contributed by atoms with van der Waals surface area (Å²) < 4.78 is 0. The second kappa shape index (κ2) is 3.87. The van der Waals surface area contributed by atoms with Gasteiger partial charge >= 0.3 is 0 Å². The molecule has 0 saturated carbocycles. The monoisotopic (exact) mass is 187 g/mol. The van der Waals surface area contributed by atoms with Gasteiger partial charge in [-0.15, -0.1) is 0 Å². The number of nitrogens with zero attached hydrogens (tertiary/aromatic N) is 1. The molecule has 2 rings (SSSR count). The molecule has 0 N–H and O–H groups in total. The maximum Gasteiger partial charge on any atom is 0.0366 e. The molecule has 1 saturated heterocycles. The smallest absolute Gasteiger partial charge is 0.0366 e. The summed E-state index contributed by atoms with van der Waals surface area (Å²) in [6.45, 7) is 8.41. The van der Waals surface area contributed by atoms with Crippen molar-refractivity contribution in [2.24, 2.45) is 0 Å². The zero-order valence-electron chi connectivity index (χ0n) is 8.79. The van der Waals surface area contributed by atoms with Crippen LogP contribution in [0.5, 0.6) is 0 Å². The lowest BCUT2D eigenvalue weighted by Gasteiger charge is -2.30. The normalized spacial score (nSPS) is 17.2. The molecule has 0 radical (unpaired) electrons. The first-order valence-corrected chi connectivity index (χ1v) is 5.24. The zero-order chi connectivity index (χ0) is 9.97. The topological polar surface area (TPSA) is 3.24 Å². The predicted molar refractivity (Wildman–Crippen MR) is 61.8 cm³/mol. The number of anilines is 1. The fourth-order valence-corrected chi connectivity index (χ4v) is 1.84. The van der Waals surface area contributed by atoms with E-state index in [4.69, 9.17) is 0 Å². The molecule has 1 aromatic rings. The van der Waals surface area contributed by atoms with Crippen LogP contribution in [0.2, 0.25) is 0 Å². The number of hydrogen-bond donors (Lipinski definition) is 0. The Morgan fingerprint density at radius 3 is 2.21 bits per heavy atom. The highest BCUT2D eigenvalue weighted by molar-refractivity contribution is 5.48. The first-order chi connectivity index (χ1) is 6.75. The van der Waals surface area contributed by atoms with Gasteiger partial charge in [0.1, 0.15) is 0 Å². The molecule has 0 aliphatic carbocycles. The minimum absolute atomic E-state index is 1.13. The zero-order valence-corrected chi connectivity index (χ0v) is 8.79. The van der Waals surface area contributed by atoms with Gasteiger partial charge in [0, 0.05) is 18.8 Å². The van der Waals surface area contributed by atoms with Crippen molar-refractivity contribution >= 4 is 5.69 Å². The van der Waals surface area contributed by atoms with E-state index in [0.717, 1.165) is 25.9 Å². The summed E-state index contributed by atoms with van der Waals surface area (Å²) in [6.07, 6.45) is 2.29. The SMILES string of the molecule is C=C1CCN(c2ccc(C)cc2)CC1. The van der Waals surface area contributed by atoms with Crippen LogP contribution in [-0.2, 0) is 0 Å². The number of benzene rings is 1. The molecule has 0 bridgehead atoms. The summed E-state index contributed by atoms with van der Waals surface area (Å²) in [5.74, 6) is 0. The molecule has 0 amide bonds. The largest absolute Gasteiger partial charge is 0.371 e. The Labute approximate surface area is 86.1 Å². The van der Waals surface area contributed by atoms with Crippen molar-refractivity contribution in [2.75, 3.05) is 18.0 Å². The molecule has 74 valence electrons. The summed E-state index contributed by atoms with van der Waals surface area (Å²) in [4.78, 5) is 2.44. The molecule has 1 aromatic carbocycles. The highest BCUT2D eigenvalue weighted by Crippen LogP contribution is 2.21. The third kappa shape index (κ3) is 1.98. The first-order valence-electron chi connectivity index (χ1n) is 5.24. The average Bonchev–Trinajstić information content (AvgIpc) is 2.21. The van der Waals surface area contributed by atoms with E-state index in [0.29, 0.717) is 0 Å². The van der Waals surface area contributed by atoms with Crippen LogP contribution in [0, 0.1) is 6.92 Å². The maximum atomic E-state index is 4.03. The van der Waals surface area contributed by atoms with E-state index in [9.17, 15) is 0 Å². The molecule has 14 heavy (non-hydrogen) atoms. The van der Waals surface area contributed by atoms with Crippen molar-refractivity contribution in [1.29, 1.82) is 0 Å². The van der Waals surface area contributed by atoms with Gasteiger partial charge in [0.05, 0.1) is 0 Å². The van der Waals surface area contributed by atoms with E-state index in [1.54, 1.807) is 0 Å². The lowest BCUT2D eigenvalue weighted by molar-refractivity contribution is 0.687. The predicted octanol–water partition coefficient (Wildman–Crippen LogP) is 3.15. The standard InChI is InChI=1S/C13H17N/c1-11-3-5-13(6-4-11)14-9-7-12(2)8-10-14/h3-6H,2,7-10H2,1H3. The minimum atomic E-state index is 1.13. The molecule has 1 fully saturated rings. The second-order valence-corrected chi connectivity index (χ2v) is 4.07. The highest BCUT2D eigenvalue weighted by Gasteiger charge is 2.12. The molecule has 0 spiro atoms. The van der Waals surface area contributed by atoms with E-state index in [-0.39, 0.29) is 0 Å². The Morgan fingerprint density at radius 2 is 1.64 bits per heavy atom. The molecule has 1 nitrogen and oxygen atoms in total.